The number of hydrogen-bond acceptors (Lipinski definition) is 3. The van der Waals surface area contributed by atoms with Crippen LogP contribution in [0.1, 0.15) is 36.5 Å². The van der Waals surface area contributed by atoms with E-state index in [1.54, 1.807) is 6.92 Å². The van der Waals surface area contributed by atoms with Gasteiger partial charge < -0.3 is 9.53 Å². The number of hydrogen-bond donors (Lipinski definition) is 0. The number of aliphatic imine (C=N–C) groups is 1. The Balaban J connectivity index is 1.92. The molecule has 3 nitrogen and oxygen atoms in total. The van der Waals surface area contributed by atoms with Crippen molar-refractivity contribution in [1.29, 1.82) is 0 Å². The lowest BCUT2D eigenvalue weighted by molar-refractivity contribution is -0.118. The second kappa shape index (κ2) is 7.20. The highest BCUT2D eigenvalue weighted by molar-refractivity contribution is 5.98. The lowest BCUT2D eigenvalue weighted by atomic mass is 9.80. The fraction of sp³-hybridized carbons (Fsp3) is 0.167. The Morgan fingerprint density at radius 2 is 1.52 bits per heavy atom. The van der Waals surface area contributed by atoms with Gasteiger partial charge in [0.25, 0.3) is 0 Å². The monoisotopic (exact) mass is 355 g/mol. The number of carbonyl (C=O) groups excluding carboxylic acids is 1. The molecular weight excluding hydrogens is 334 g/mol. The van der Waals surface area contributed by atoms with Crippen LogP contribution in [0.15, 0.2) is 89.9 Å². The van der Waals surface area contributed by atoms with E-state index in [1.165, 1.54) is 0 Å². The summed E-state index contributed by atoms with van der Waals surface area (Å²) >= 11 is 0. The Hall–Kier alpha value is -3.20. The van der Waals surface area contributed by atoms with Crippen LogP contribution >= 0.6 is 0 Å². The van der Waals surface area contributed by atoms with Crippen molar-refractivity contribution in [3.63, 3.8) is 0 Å². The van der Waals surface area contributed by atoms with Crippen LogP contribution in [-0.2, 0) is 15.1 Å². The smallest absolute Gasteiger partial charge is 0.222 e. The molecule has 0 fully saturated rings. The van der Waals surface area contributed by atoms with Gasteiger partial charge in [-0.05, 0) is 25.1 Å². The molecule has 3 heteroatoms. The van der Waals surface area contributed by atoms with E-state index in [9.17, 15) is 4.79 Å². The predicted molar refractivity (Wildman–Crippen MR) is 107 cm³/mol. The van der Waals surface area contributed by atoms with E-state index in [4.69, 9.17) is 9.73 Å². The Morgan fingerprint density at radius 3 is 2.22 bits per heavy atom. The number of Topliss-reactive ketones (excluding diaryl/α,β-unsaturated/α-hetero) is 1. The highest BCUT2D eigenvalue weighted by atomic mass is 16.5. The third kappa shape index (κ3) is 3.28. The number of para-hydroxylation sites is 1. The molecule has 0 bridgehead atoms. The molecule has 0 saturated heterocycles. The van der Waals surface area contributed by atoms with Crippen molar-refractivity contribution >= 4 is 17.4 Å². The number of carbonyl (C=O) groups is 1. The molecular formula is C24H21NO2. The number of ketones is 1. The van der Waals surface area contributed by atoms with Crippen molar-refractivity contribution in [2.75, 3.05) is 0 Å². The molecule has 0 aromatic heterocycles. The van der Waals surface area contributed by atoms with Crippen LogP contribution in [0.4, 0.5) is 5.69 Å². The molecule has 0 aliphatic carbocycles. The summed E-state index contributed by atoms with van der Waals surface area (Å²) in [7, 11) is 0. The highest BCUT2D eigenvalue weighted by Gasteiger charge is 2.42. The van der Waals surface area contributed by atoms with Crippen LogP contribution in [0.3, 0.4) is 0 Å². The standard InChI is InChI=1S/C24H21NO2/c1-18(26)16-17-24(20-12-6-3-7-13-20)21-14-8-9-15-22(21)25-23(27-24)19-10-4-2-5-11-19/h2-15H,16-17H2,1H3. The van der Waals surface area contributed by atoms with Crippen molar-refractivity contribution in [2.45, 2.75) is 25.4 Å². The average molecular weight is 355 g/mol. The van der Waals surface area contributed by atoms with Gasteiger partial charge in [-0.3, -0.25) is 0 Å². The number of nitrogens with zero attached hydrogens (tertiary/aromatic N) is 1. The van der Waals surface area contributed by atoms with Crippen LogP contribution in [0, 0.1) is 0 Å². The van der Waals surface area contributed by atoms with Crippen molar-refractivity contribution in [3.8, 4) is 0 Å². The van der Waals surface area contributed by atoms with Crippen LogP contribution in [0.25, 0.3) is 0 Å². The van der Waals surface area contributed by atoms with Crippen molar-refractivity contribution in [2.24, 2.45) is 4.99 Å². The molecule has 0 amide bonds. The molecule has 0 spiro atoms. The molecule has 1 aliphatic rings. The van der Waals surface area contributed by atoms with Gasteiger partial charge in [-0.2, -0.15) is 0 Å². The molecule has 3 aromatic rings. The Kier molecular flexibility index (Phi) is 4.59. The Labute approximate surface area is 159 Å². The maximum atomic E-state index is 11.8. The van der Waals surface area contributed by atoms with Gasteiger partial charge in [0.15, 0.2) is 5.60 Å². The third-order valence-electron chi connectivity index (χ3n) is 4.92. The first-order valence-corrected chi connectivity index (χ1v) is 9.17. The lowest BCUT2D eigenvalue weighted by Crippen LogP contribution is -2.37. The third-order valence-corrected chi connectivity index (χ3v) is 4.92. The highest BCUT2D eigenvalue weighted by Crippen LogP contribution is 2.46. The number of ether oxygens (including phenoxy) is 1. The van der Waals surface area contributed by atoms with Gasteiger partial charge >= 0.3 is 0 Å². The van der Waals surface area contributed by atoms with Crippen LogP contribution in [0.5, 0.6) is 0 Å². The van der Waals surface area contributed by atoms with Crippen LogP contribution in [-0.4, -0.2) is 11.7 Å². The summed E-state index contributed by atoms with van der Waals surface area (Å²) in [4.78, 5) is 16.6. The first-order chi connectivity index (χ1) is 13.2. The minimum absolute atomic E-state index is 0.148. The molecule has 1 unspecified atom stereocenters. The summed E-state index contributed by atoms with van der Waals surface area (Å²) in [5.74, 6) is 0.733. The Bertz CT molecular complexity index is 980. The van der Waals surface area contributed by atoms with E-state index in [0.29, 0.717) is 18.7 Å². The minimum atomic E-state index is -0.740. The van der Waals surface area contributed by atoms with Crippen LogP contribution < -0.4 is 0 Å². The summed E-state index contributed by atoms with van der Waals surface area (Å²) in [5, 5.41) is 0. The molecule has 4 rings (SSSR count). The summed E-state index contributed by atoms with van der Waals surface area (Å²) in [5.41, 5.74) is 3.10. The molecule has 27 heavy (non-hydrogen) atoms. The van der Waals surface area contributed by atoms with Crippen LogP contribution in [0.2, 0.25) is 0 Å². The number of rotatable bonds is 5. The summed E-state index contributed by atoms with van der Waals surface area (Å²) in [6.07, 6.45) is 1.00. The van der Waals surface area contributed by atoms with Gasteiger partial charge in [-0.1, -0.05) is 66.7 Å². The first kappa shape index (κ1) is 17.2. The number of fused-ring (bicyclic) bond motifs is 1. The van der Waals surface area contributed by atoms with E-state index in [1.807, 2.05) is 72.8 Å². The van der Waals surface area contributed by atoms with E-state index in [-0.39, 0.29) is 5.78 Å². The van der Waals surface area contributed by atoms with Crippen molar-refractivity contribution in [1.82, 2.24) is 0 Å². The minimum Gasteiger partial charge on any atom is -0.461 e. The zero-order chi connectivity index (χ0) is 18.7. The quantitative estimate of drug-likeness (QED) is 0.614. The van der Waals surface area contributed by atoms with Gasteiger partial charge in [0.05, 0.1) is 5.69 Å². The maximum absolute atomic E-state index is 11.8. The van der Waals surface area contributed by atoms with E-state index < -0.39 is 5.60 Å². The normalized spacial score (nSPS) is 18.2. The van der Waals surface area contributed by atoms with E-state index in [2.05, 4.69) is 12.1 Å². The van der Waals surface area contributed by atoms with E-state index in [0.717, 1.165) is 22.4 Å². The lowest BCUT2D eigenvalue weighted by Gasteiger charge is -2.39. The largest absolute Gasteiger partial charge is 0.461 e. The zero-order valence-electron chi connectivity index (χ0n) is 15.3. The van der Waals surface area contributed by atoms with Gasteiger partial charge in [-0.25, -0.2) is 4.99 Å². The second-order valence-corrected chi connectivity index (χ2v) is 6.80. The van der Waals surface area contributed by atoms with Gasteiger partial charge in [0, 0.05) is 29.5 Å². The molecule has 134 valence electrons. The van der Waals surface area contributed by atoms with Gasteiger partial charge in [-0.15, -0.1) is 0 Å². The van der Waals surface area contributed by atoms with Crippen molar-refractivity contribution < 1.29 is 9.53 Å². The fourth-order valence-electron chi connectivity index (χ4n) is 3.57. The van der Waals surface area contributed by atoms with Gasteiger partial charge in [0.2, 0.25) is 5.90 Å². The fourth-order valence-corrected chi connectivity index (χ4v) is 3.57. The average Bonchev–Trinajstić information content (AvgIpc) is 2.73. The maximum Gasteiger partial charge on any atom is 0.222 e. The molecule has 1 heterocycles. The predicted octanol–water partition coefficient (Wildman–Crippen LogP) is 5.41. The number of benzene rings is 3. The summed E-state index contributed by atoms with van der Waals surface area (Å²) in [6, 6.07) is 28.1. The second-order valence-electron chi connectivity index (χ2n) is 6.80. The molecule has 0 radical (unpaired) electrons. The molecule has 3 aromatic carbocycles. The van der Waals surface area contributed by atoms with Gasteiger partial charge in [0.1, 0.15) is 5.78 Å². The summed E-state index contributed by atoms with van der Waals surface area (Å²) in [6.45, 7) is 1.62. The Morgan fingerprint density at radius 1 is 0.889 bits per heavy atom. The molecule has 1 atom stereocenters. The van der Waals surface area contributed by atoms with E-state index >= 15 is 0 Å². The summed E-state index contributed by atoms with van der Waals surface area (Å²) < 4.78 is 6.62. The first-order valence-electron chi connectivity index (χ1n) is 9.17. The molecule has 1 aliphatic heterocycles. The topological polar surface area (TPSA) is 38.7 Å². The molecule has 0 saturated carbocycles. The van der Waals surface area contributed by atoms with Crippen molar-refractivity contribution in [3.05, 3.63) is 102 Å². The molecule has 0 N–H and O–H groups in total. The SMILES string of the molecule is CC(=O)CCC1(c2ccccc2)OC(c2ccccc2)=Nc2ccccc21. The zero-order valence-corrected chi connectivity index (χ0v) is 15.3.